The van der Waals surface area contributed by atoms with Gasteiger partial charge >= 0.3 is 0 Å². The monoisotopic (exact) mass is 229 g/mol. The molecule has 3 N–H and O–H groups in total. The average molecular weight is 229 g/mol. The van der Waals surface area contributed by atoms with Crippen molar-refractivity contribution >= 4 is 9.84 Å². The summed E-state index contributed by atoms with van der Waals surface area (Å²) in [5, 5.41) is 9.64. The molecule has 15 heavy (non-hydrogen) atoms. The van der Waals surface area contributed by atoms with Crippen molar-refractivity contribution in [2.45, 2.75) is 17.7 Å². The summed E-state index contributed by atoms with van der Waals surface area (Å²) in [4.78, 5) is 0.153. The van der Waals surface area contributed by atoms with Gasteiger partial charge in [0.25, 0.3) is 0 Å². The predicted molar refractivity (Wildman–Crippen MR) is 58.7 cm³/mol. The van der Waals surface area contributed by atoms with Crippen LogP contribution in [0.25, 0.3) is 0 Å². The van der Waals surface area contributed by atoms with E-state index in [1.54, 1.807) is 6.92 Å². The average Bonchev–Trinajstić information content (AvgIpc) is 2.15. The van der Waals surface area contributed by atoms with E-state index in [0.717, 1.165) is 6.26 Å². The number of phenolic OH excluding ortho intramolecular Hbond substituents is 1. The lowest BCUT2D eigenvalue weighted by Crippen LogP contribution is -2.13. The minimum Gasteiger partial charge on any atom is -0.508 e. The number of rotatable bonds is 3. The summed E-state index contributed by atoms with van der Waals surface area (Å²) in [6.07, 6.45) is 1.12. The molecule has 1 atom stereocenters. The fourth-order valence-electron chi connectivity index (χ4n) is 1.47. The molecule has 84 valence electrons. The van der Waals surface area contributed by atoms with Crippen LogP contribution in [0, 0.1) is 0 Å². The molecule has 0 radical (unpaired) electrons. The normalized spacial score (nSPS) is 13.8. The van der Waals surface area contributed by atoms with Gasteiger partial charge in [-0.05, 0) is 24.6 Å². The summed E-state index contributed by atoms with van der Waals surface area (Å²) in [6.45, 7) is 2.07. The van der Waals surface area contributed by atoms with Gasteiger partial charge in [-0.3, -0.25) is 0 Å². The first kappa shape index (κ1) is 12.0. The van der Waals surface area contributed by atoms with Crippen LogP contribution in [0.4, 0.5) is 0 Å². The Morgan fingerprint density at radius 2 is 2.07 bits per heavy atom. The lowest BCUT2D eigenvalue weighted by atomic mass is 10.0. The number of aromatic hydroxyl groups is 1. The molecule has 0 aliphatic rings. The molecule has 0 amide bonds. The molecule has 0 bridgehead atoms. The summed E-state index contributed by atoms with van der Waals surface area (Å²) < 4.78 is 22.9. The van der Waals surface area contributed by atoms with Gasteiger partial charge in [0.2, 0.25) is 0 Å². The van der Waals surface area contributed by atoms with Crippen LogP contribution >= 0.6 is 0 Å². The van der Waals surface area contributed by atoms with Crippen LogP contribution < -0.4 is 5.73 Å². The van der Waals surface area contributed by atoms with E-state index in [0.29, 0.717) is 12.1 Å². The molecule has 1 aromatic rings. The fourth-order valence-corrected chi connectivity index (χ4v) is 2.50. The van der Waals surface area contributed by atoms with E-state index in [-0.39, 0.29) is 16.6 Å². The Balaban J connectivity index is 3.47. The van der Waals surface area contributed by atoms with Crippen molar-refractivity contribution in [1.82, 2.24) is 0 Å². The van der Waals surface area contributed by atoms with Crippen LogP contribution in [0.2, 0.25) is 0 Å². The SMILES string of the molecule is CC(CN)c1c(O)cccc1S(C)(=O)=O. The Hall–Kier alpha value is -1.07. The van der Waals surface area contributed by atoms with Crippen molar-refractivity contribution in [2.75, 3.05) is 12.8 Å². The third-order valence-electron chi connectivity index (χ3n) is 2.29. The summed E-state index contributed by atoms with van der Waals surface area (Å²) in [7, 11) is -3.33. The van der Waals surface area contributed by atoms with Crippen molar-refractivity contribution in [3.05, 3.63) is 23.8 Å². The third-order valence-corrected chi connectivity index (χ3v) is 3.44. The van der Waals surface area contributed by atoms with Crippen molar-refractivity contribution in [1.29, 1.82) is 0 Å². The lowest BCUT2D eigenvalue weighted by Gasteiger charge is -2.15. The zero-order chi connectivity index (χ0) is 11.6. The first-order valence-corrected chi connectivity index (χ1v) is 6.49. The van der Waals surface area contributed by atoms with Crippen LogP contribution in [-0.4, -0.2) is 26.3 Å². The largest absolute Gasteiger partial charge is 0.508 e. The number of sulfone groups is 1. The van der Waals surface area contributed by atoms with E-state index >= 15 is 0 Å². The number of phenols is 1. The van der Waals surface area contributed by atoms with Gasteiger partial charge in [-0.1, -0.05) is 13.0 Å². The zero-order valence-electron chi connectivity index (χ0n) is 8.77. The first-order chi connectivity index (χ1) is 6.88. The van der Waals surface area contributed by atoms with Gasteiger partial charge in [0.1, 0.15) is 5.75 Å². The molecule has 0 aromatic heterocycles. The van der Waals surface area contributed by atoms with E-state index in [2.05, 4.69) is 0 Å². The Labute approximate surface area is 89.7 Å². The third kappa shape index (κ3) is 2.49. The lowest BCUT2D eigenvalue weighted by molar-refractivity contribution is 0.459. The minimum absolute atomic E-state index is 0.0177. The first-order valence-electron chi connectivity index (χ1n) is 4.60. The van der Waals surface area contributed by atoms with Gasteiger partial charge < -0.3 is 10.8 Å². The predicted octanol–water partition coefficient (Wildman–Crippen LogP) is 0.858. The van der Waals surface area contributed by atoms with Gasteiger partial charge in [-0.2, -0.15) is 0 Å². The van der Waals surface area contributed by atoms with E-state index in [4.69, 9.17) is 5.73 Å². The second-order valence-electron chi connectivity index (χ2n) is 3.60. The second kappa shape index (κ2) is 4.20. The number of hydrogen-bond acceptors (Lipinski definition) is 4. The maximum atomic E-state index is 11.5. The Morgan fingerprint density at radius 3 is 2.53 bits per heavy atom. The van der Waals surface area contributed by atoms with Crippen molar-refractivity contribution < 1.29 is 13.5 Å². The molecule has 0 aliphatic carbocycles. The molecule has 1 unspecified atom stereocenters. The molecule has 0 fully saturated rings. The molecular formula is C10H15NO3S. The summed E-state index contributed by atoms with van der Waals surface area (Å²) in [6, 6.07) is 4.46. The molecule has 0 heterocycles. The van der Waals surface area contributed by atoms with Crippen molar-refractivity contribution in [3.8, 4) is 5.75 Å². The van der Waals surface area contributed by atoms with Gasteiger partial charge in [-0.25, -0.2) is 8.42 Å². The molecule has 1 aromatic carbocycles. The Kier molecular flexibility index (Phi) is 3.36. The maximum Gasteiger partial charge on any atom is 0.175 e. The number of nitrogens with two attached hydrogens (primary N) is 1. The highest BCUT2D eigenvalue weighted by atomic mass is 32.2. The quantitative estimate of drug-likeness (QED) is 0.805. The standard InChI is InChI=1S/C10H15NO3S/c1-7(6-11)10-8(12)4-3-5-9(10)15(2,13)14/h3-5,7,12H,6,11H2,1-2H3. The van der Waals surface area contributed by atoms with Crippen LogP contribution in [0.5, 0.6) is 5.75 Å². The van der Waals surface area contributed by atoms with E-state index in [9.17, 15) is 13.5 Å². The minimum atomic E-state index is -3.33. The van der Waals surface area contributed by atoms with Crippen LogP contribution in [0.3, 0.4) is 0 Å². The number of hydrogen-bond donors (Lipinski definition) is 2. The summed E-state index contributed by atoms with van der Waals surface area (Å²) in [5.41, 5.74) is 5.88. The second-order valence-corrected chi connectivity index (χ2v) is 5.58. The maximum absolute atomic E-state index is 11.5. The fraction of sp³-hybridized carbons (Fsp3) is 0.400. The number of benzene rings is 1. The highest BCUT2D eigenvalue weighted by Gasteiger charge is 2.20. The van der Waals surface area contributed by atoms with Crippen LogP contribution in [-0.2, 0) is 9.84 Å². The van der Waals surface area contributed by atoms with Gasteiger partial charge in [0, 0.05) is 11.8 Å². The molecule has 0 saturated heterocycles. The van der Waals surface area contributed by atoms with E-state index in [1.807, 2.05) is 0 Å². The Bertz CT molecular complexity index is 454. The van der Waals surface area contributed by atoms with Gasteiger partial charge in [0.05, 0.1) is 4.90 Å². The zero-order valence-corrected chi connectivity index (χ0v) is 9.58. The molecule has 0 aliphatic heterocycles. The highest BCUT2D eigenvalue weighted by molar-refractivity contribution is 7.90. The van der Waals surface area contributed by atoms with E-state index in [1.165, 1.54) is 18.2 Å². The van der Waals surface area contributed by atoms with Crippen LogP contribution in [0.1, 0.15) is 18.4 Å². The summed E-state index contributed by atoms with van der Waals surface area (Å²) >= 11 is 0. The molecule has 4 nitrogen and oxygen atoms in total. The topological polar surface area (TPSA) is 80.4 Å². The molecular weight excluding hydrogens is 214 g/mol. The molecule has 1 rings (SSSR count). The highest BCUT2D eigenvalue weighted by Crippen LogP contribution is 2.31. The van der Waals surface area contributed by atoms with Crippen molar-refractivity contribution in [3.63, 3.8) is 0 Å². The van der Waals surface area contributed by atoms with E-state index < -0.39 is 9.84 Å². The molecule has 5 heteroatoms. The van der Waals surface area contributed by atoms with Gasteiger partial charge in [0.15, 0.2) is 9.84 Å². The molecule has 0 saturated carbocycles. The smallest absolute Gasteiger partial charge is 0.175 e. The summed E-state index contributed by atoms with van der Waals surface area (Å²) in [5.74, 6) is -0.202. The molecule has 0 spiro atoms. The van der Waals surface area contributed by atoms with Crippen molar-refractivity contribution in [2.24, 2.45) is 5.73 Å². The Morgan fingerprint density at radius 1 is 1.47 bits per heavy atom. The van der Waals surface area contributed by atoms with Crippen LogP contribution in [0.15, 0.2) is 23.1 Å². The van der Waals surface area contributed by atoms with Gasteiger partial charge in [-0.15, -0.1) is 0 Å².